The maximum atomic E-state index is 13.3. The monoisotopic (exact) mass is 477 g/mol. The third-order valence-electron chi connectivity index (χ3n) is 7.44. The first-order valence-corrected chi connectivity index (χ1v) is 11.5. The van der Waals surface area contributed by atoms with E-state index < -0.39 is 16.3 Å². The Morgan fingerprint density at radius 3 is 2.56 bits per heavy atom. The van der Waals surface area contributed by atoms with E-state index in [1.807, 2.05) is 19.9 Å². The maximum absolute atomic E-state index is 13.3. The molecular weight excluding hydrogens is 453 g/mol. The Hall–Kier alpha value is -2.32. The number of benzene rings is 1. The van der Waals surface area contributed by atoms with E-state index in [4.69, 9.17) is 28.9 Å². The highest BCUT2D eigenvalue weighted by atomic mass is 35.5. The fraction of sp³-hybridized carbons (Fsp3) is 0.545. The molecule has 10 heteroatoms. The van der Waals surface area contributed by atoms with Crippen molar-refractivity contribution in [1.29, 1.82) is 0 Å². The summed E-state index contributed by atoms with van der Waals surface area (Å²) >= 11 is 12.6. The fourth-order valence-corrected chi connectivity index (χ4v) is 6.00. The van der Waals surface area contributed by atoms with Gasteiger partial charge in [-0.2, -0.15) is 5.10 Å². The summed E-state index contributed by atoms with van der Waals surface area (Å²) in [5.74, 6) is -0.714. The minimum Gasteiger partial charge on any atom is -0.364 e. The molecule has 1 aromatic heterocycles. The summed E-state index contributed by atoms with van der Waals surface area (Å²) in [6, 6.07) is 6.69. The maximum Gasteiger partial charge on any atom is 0.269 e. The lowest BCUT2D eigenvalue weighted by Gasteiger charge is -2.27. The van der Waals surface area contributed by atoms with E-state index in [1.54, 1.807) is 23.1 Å². The van der Waals surface area contributed by atoms with Gasteiger partial charge in [-0.1, -0.05) is 32.0 Å². The molecule has 4 atom stereocenters. The standard InChI is InChI=1S/C22H25Cl2N5O3/c1-21(2)16(22(21,23)24)9-26-20(32)15-8-11-7-14(11)29(15)17(30)10-28-13-6-4-3-5-12(13)18(27-28)19(25)31/h3-6,11,14-16H,7-10H2,1-2H3,(H2,25,31)(H,26,32)/t11-,14-,15+,16+/m1/s1. The van der Waals surface area contributed by atoms with Crippen molar-refractivity contribution < 1.29 is 14.4 Å². The van der Waals surface area contributed by atoms with Gasteiger partial charge in [0, 0.05) is 29.3 Å². The van der Waals surface area contributed by atoms with Gasteiger partial charge < -0.3 is 16.0 Å². The van der Waals surface area contributed by atoms with Crippen LogP contribution in [-0.4, -0.2) is 55.4 Å². The van der Waals surface area contributed by atoms with Crippen LogP contribution >= 0.6 is 23.2 Å². The van der Waals surface area contributed by atoms with Crippen molar-refractivity contribution in [3.8, 4) is 0 Å². The van der Waals surface area contributed by atoms with Crippen LogP contribution in [0.3, 0.4) is 0 Å². The van der Waals surface area contributed by atoms with Crippen molar-refractivity contribution >= 4 is 51.8 Å². The van der Waals surface area contributed by atoms with E-state index >= 15 is 0 Å². The van der Waals surface area contributed by atoms with Gasteiger partial charge in [-0.25, -0.2) is 0 Å². The summed E-state index contributed by atoms with van der Waals surface area (Å²) in [5, 5.41) is 7.83. The summed E-state index contributed by atoms with van der Waals surface area (Å²) in [6.07, 6.45) is 1.56. The molecule has 5 rings (SSSR count). The van der Waals surface area contributed by atoms with Crippen LogP contribution in [0.5, 0.6) is 0 Å². The van der Waals surface area contributed by atoms with Crippen molar-refractivity contribution in [2.24, 2.45) is 23.0 Å². The molecule has 1 saturated heterocycles. The number of halogens is 2. The molecule has 3 fully saturated rings. The molecule has 2 aliphatic carbocycles. The number of nitrogens with zero attached hydrogens (tertiary/aromatic N) is 3. The number of para-hydroxylation sites is 1. The second-order valence-corrected chi connectivity index (χ2v) is 11.0. The Balaban J connectivity index is 1.31. The number of rotatable bonds is 6. The lowest BCUT2D eigenvalue weighted by atomic mass is 10.1. The van der Waals surface area contributed by atoms with Crippen molar-refractivity contribution in [3.63, 3.8) is 0 Å². The summed E-state index contributed by atoms with van der Waals surface area (Å²) in [6.45, 7) is 4.25. The number of alkyl halides is 2. The quantitative estimate of drug-likeness (QED) is 0.620. The molecule has 3 N–H and O–H groups in total. The second-order valence-electron chi connectivity index (χ2n) is 9.65. The zero-order valence-electron chi connectivity index (χ0n) is 17.8. The van der Waals surface area contributed by atoms with Gasteiger partial charge in [-0.15, -0.1) is 23.2 Å². The molecule has 1 aromatic carbocycles. The van der Waals surface area contributed by atoms with Gasteiger partial charge in [0.2, 0.25) is 11.8 Å². The van der Waals surface area contributed by atoms with Crippen LogP contribution in [-0.2, 0) is 16.1 Å². The number of nitrogens with one attached hydrogen (secondary N) is 1. The van der Waals surface area contributed by atoms with E-state index in [-0.39, 0.29) is 41.4 Å². The Morgan fingerprint density at radius 2 is 1.91 bits per heavy atom. The molecule has 2 saturated carbocycles. The summed E-state index contributed by atoms with van der Waals surface area (Å²) < 4.78 is 0.636. The van der Waals surface area contributed by atoms with Gasteiger partial charge in [-0.3, -0.25) is 19.1 Å². The summed E-state index contributed by atoms with van der Waals surface area (Å²) in [4.78, 5) is 39.7. The highest BCUT2D eigenvalue weighted by Crippen LogP contribution is 2.68. The molecule has 8 nitrogen and oxygen atoms in total. The first-order valence-electron chi connectivity index (χ1n) is 10.8. The first-order chi connectivity index (χ1) is 15.0. The lowest BCUT2D eigenvalue weighted by Crippen LogP contribution is -2.49. The normalized spacial score (nSPS) is 28.9. The van der Waals surface area contributed by atoms with Gasteiger partial charge >= 0.3 is 0 Å². The number of primary amides is 1. The molecule has 0 unspecified atom stereocenters. The number of hydrogen-bond acceptors (Lipinski definition) is 4. The third kappa shape index (κ3) is 3.18. The van der Waals surface area contributed by atoms with Crippen molar-refractivity contribution in [1.82, 2.24) is 20.0 Å². The molecule has 3 aliphatic rings. The van der Waals surface area contributed by atoms with E-state index in [0.29, 0.717) is 29.8 Å². The number of piperidine rings is 1. The third-order valence-corrected chi connectivity index (χ3v) is 8.94. The average molecular weight is 478 g/mol. The van der Waals surface area contributed by atoms with Crippen LogP contribution in [0.1, 0.15) is 37.2 Å². The SMILES string of the molecule is CC1(C)[C@H](CNC(=O)[C@@H]2C[C@H]3C[C@H]3N2C(=O)Cn2nc(C(N)=O)c3ccccc32)C1(Cl)Cl. The minimum atomic E-state index is -0.854. The molecule has 0 spiro atoms. The molecule has 170 valence electrons. The molecule has 1 aliphatic heterocycles. The Morgan fingerprint density at radius 1 is 1.22 bits per heavy atom. The fourth-order valence-electron chi connectivity index (χ4n) is 5.15. The smallest absolute Gasteiger partial charge is 0.269 e. The molecule has 2 aromatic rings. The van der Waals surface area contributed by atoms with E-state index in [9.17, 15) is 14.4 Å². The van der Waals surface area contributed by atoms with Crippen LogP contribution in [0.15, 0.2) is 24.3 Å². The molecule has 0 bridgehead atoms. The van der Waals surface area contributed by atoms with Crippen LogP contribution in [0.25, 0.3) is 10.9 Å². The number of amides is 3. The largest absolute Gasteiger partial charge is 0.364 e. The molecular formula is C22H25Cl2N5O3. The summed E-state index contributed by atoms with van der Waals surface area (Å²) in [7, 11) is 0. The van der Waals surface area contributed by atoms with E-state index in [1.165, 1.54) is 4.68 Å². The highest BCUT2D eigenvalue weighted by molar-refractivity contribution is 6.51. The molecule has 2 heterocycles. The number of aromatic nitrogens is 2. The number of nitrogens with two attached hydrogens (primary N) is 1. The van der Waals surface area contributed by atoms with Crippen LogP contribution in [0.2, 0.25) is 0 Å². The summed E-state index contributed by atoms with van der Waals surface area (Å²) in [5.41, 5.74) is 5.97. The van der Waals surface area contributed by atoms with Gasteiger partial charge in [0.15, 0.2) is 5.69 Å². The van der Waals surface area contributed by atoms with Crippen LogP contribution < -0.4 is 11.1 Å². The predicted octanol–water partition coefficient (Wildman–Crippen LogP) is 2.07. The Bertz CT molecular complexity index is 1130. The van der Waals surface area contributed by atoms with E-state index in [0.717, 1.165) is 6.42 Å². The average Bonchev–Trinajstić information content (AvgIpc) is 3.39. The predicted molar refractivity (Wildman–Crippen MR) is 120 cm³/mol. The van der Waals surface area contributed by atoms with Crippen molar-refractivity contribution in [3.05, 3.63) is 30.0 Å². The van der Waals surface area contributed by atoms with Gasteiger partial charge in [0.25, 0.3) is 5.91 Å². The number of carbonyl (C=O) groups is 3. The number of hydrogen-bond donors (Lipinski definition) is 2. The van der Waals surface area contributed by atoms with E-state index in [2.05, 4.69) is 10.4 Å². The van der Waals surface area contributed by atoms with Crippen molar-refractivity contribution in [2.45, 2.75) is 49.7 Å². The Labute approximate surface area is 195 Å². The van der Waals surface area contributed by atoms with Gasteiger partial charge in [0.1, 0.15) is 16.9 Å². The van der Waals surface area contributed by atoms with Crippen LogP contribution in [0, 0.1) is 17.3 Å². The minimum absolute atomic E-state index is 0.0370. The molecule has 0 radical (unpaired) electrons. The molecule has 32 heavy (non-hydrogen) atoms. The number of fused-ring (bicyclic) bond motifs is 2. The van der Waals surface area contributed by atoms with Gasteiger partial charge in [0.05, 0.1) is 5.52 Å². The second kappa shape index (κ2) is 7.09. The van der Waals surface area contributed by atoms with Crippen LogP contribution in [0.4, 0.5) is 0 Å². The Kier molecular flexibility index (Phi) is 4.77. The first kappa shape index (κ1) is 21.5. The zero-order chi connectivity index (χ0) is 23.0. The zero-order valence-corrected chi connectivity index (χ0v) is 19.4. The van der Waals surface area contributed by atoms with Gasteiger partial charge in [-0.05, 0) is 24.8 Å². The highest BCUT2D eigenvalue weighted by Gasteiger charge is 2.69. The number of likely N-dealkylation sites (tertiary alicyclic amines) is 1. The molecule has 3 amide bonds. The number of carbonyl (C=O) groups excluding carboxylic acids is 3. The lowest BCUT2D eigenvalue weighted by molar-refractivity contribution is -0.140. The van der Waals surface area contributed by atoms with Crippen molar-refractivity contribution in [2.75, 3.05) is 6.54 Å². The topological polar surface area (TPSA) is 110 Å².